The molecule has 0 fully saturated rings. The first kappa shape index (κ1) is 13.4. The zero-order valence-electron chi connectivity index (χ0n) is 10.4. The molecule has 1 aromatic heterocycles. The molecule has 100 valence electrons. The van der Waals surface area contributed by atoms with E-state index in [1.807, 2.05) is 5.38 Å². The summed E-state index contributed by atoms with van der Waals surface area (Å²) in [5, 5.41) is 14.5. The van der Waals surface area contributed by atoms with E-state index in [2.05, 4.69) is 10.3 Å². The van der Waals surface area contributed by atoms with Gasteiger partial charge in [0.05, 0.1) is 23.9 Å². The van der Waals surface area contributed by atoms with Crippen molar-refractivity contribution < 1.29 is 14.6 Å². The summed E-state index contributed by atoms with van der Waals surface area (Å²) in [6.07, 6.45) is 0.667. The molecule has 0 unspecified atom stereocenters. The fourth-order valence-corrected chi connectivity index (χ4v) is 2.22. The molecule has 0 spiro atoms. The number of carbonyl (C=O) groups is 1. The Morgan fingerprint density at radius 2 is 2.37 bits per heavy atom. The summed E-state index contributed by atoms with van der Waals surface area (Å²) in [6.45, 7) is 0.471. The van der Waals surface area contributed by atoms with Crippen LogP contribution in [0.4, 0.5) is 0 Å². The van der Waals surface area contributed by atoms with Crippen LogP contribution < -0.4 is 10.1 Å². The zero-order chi connectivity index (χ0) is 13.7. The van der Waals surface area contributed by atoms with Gasteiger partial charge in [-0.25, -0.2) is 4.98 Å². The van der Waals surface area contributed by atoms with Crippen molar-refractivity contribution in [3.8, 4) is 11.5 Å². The van der Waals surface area contributed by atoms with Crippen LogP contribution in [-0.2, 0) is 6.42 Å². The largest absolute Gasteiger partial charge is 0.504 e. The molecule has 0 saturated heterocycles. The van der Waals surface area contributed by atoms with Gasteiger partial charge in [0.25, 0.3) is 5.91 Å². The van der Waals surface area contributed by atoms with Gasteiger partial charge in [0.15, 0.2) is 11.5 Å². The van der Waals surface area contributed by atoms with Crippen LogP contribution in [0.3, 0.4) is 0 Å². The van der Waals surface area contributed by atoms with Gasteiger partial charge in [0.2, 0.25) is 0 Å². The second-order valence-electron chi connectivity index (χ2n) is 3.84. The number of benzene rings is 1. The summed E-state index contributed by atoms with van der Waals surface area (Å²) in [6, 6.07) is 4.81. The standard InChI is InChI=1S/C13H14N2O3S/c1-18-11-4-2-3-10(12(11)16)13(17)14-6-5-9-7-19-8-15-9/h2-4,7-8,16H,5-6H2,1H3,(H,14,17). The minimum absolute atomic E-state index is 0.142. The number of phenolic OH excluding ortho intramolecular Hbond substituents is 1. The normalized spacial score (nSPS) is 10.2. The summed E-state index contributed by atoms with van der Waals surface area (Å²) < 4.78 is 4.96. The van der Waals surface area contributed by atoms with Crippen molar-refractivity contribution in [1.82, 2.24) is 10.3 Å². The fraction of sp³-hybridized carbons (Fsp3) is 0.231. The topological polar surface area (TPSA) is 71.5 Å². The number of amides is 1. The van der Waals surface area contributed by atoms with Gasteiger partial charge >= 0.3 is 0 Å². The number of aromatic hydroxyl groups is 1. The number of nitrogens with zero attached hydrogens (tertiary/aromatic N) is 1. The van der Waals surface area contributed by atoms with Crippen molar-refractivity contribution in [2.24, 2.45) is 0 Å². The maximum absolute atomic E-state index is 11.9. The predicted molar refractivity (Wildman–Crippen MR) is 72.8 cm³/mol. The van der Waals surface area contributed by atoms with E-state index in [1.165, 1.54) is 18.4 Å². The van der Waals surface area contributed by atoms with Crippen LogP contribution >= 0.6 is 11.3 Å². The summed E-state index contributed by atoms with van der Waals surface area (Å²) >= 11 is 1.52. The van der Waals surface area contributed by atoms with Crippen molar-refractivity contribution in [2.45, 2.75) is 6.42 Å². The lowest BCUT2D eigenvalue weighted by molar-refractivity contribution is 0.0951. The zero-order valence-corrected chi connectivity index (χ0v) is 11.2. The molecule has 19 heavy (non-hydrogen) atoms. The lowest BCUT2D eigenvalue weighted by atomic mass is 10.1. The van der Waals surface area contributed by atoms with E-state index in [0.29, 0.717) is 13.0 Å². The van der Waals surface area contributed by atoms with E-state index in [-0.39, 0.29) is 23.0 Å². The molecule has 0 aliphatic heterocycles. The Kier molecular flexibility index (Phi) is 4.35. The fourth-order valence-electron chi connectivity index (χ4n) is 1.63. The van der Waals surface area contributed by atoms with Crippen molar-refractivity contribution in [3.63, 3.8) is 0 Å². The highest BCUT2D eigenvalue weighted by Crippen LogP contribution is 2.29. The van der Waals surface area contributed by atoms with Crippen LogP contribution in [0.25, 0.3) is 0 Å². The number of hydrogen-bond acceptors (Lipinski definition) is 5. The maximum Gasteiger partial charge on any atom is 0.255 e. The molecule has 0 bridgehead atoms. The molecular formula is C13H14N2O3S. The molecule has 0 radical (unpaired) electrons. The lowest BCUT2D eigenvalue weighted by Crippen LogP contribution is -2.25. The van der Waals surface area contributed by atoms with E-state index in [1.54, 1.807) is 23.7 Å². The third-order valence-corrected chi connectivity index (χ3v) is 3.25. The highest BCUT2D eigenvalue weighted by Gasteiger charge is 2.14. The van der Waals surface area contributed by atoms with Crippen LogP contribution in [-0.4, -0.2) is 29.7 Å². The molecule has 0 aliphatic carbocycles. The van der Waals surface area contributed by atoms with Crippen LogP contribution in [0.15, 0.2) is 29.1 Å². The number of thiazole rings is 1. The van der Waals surface area contributed by atoms with Crippen LogP contribution in [0.1, 0.15) is 16.1 Å². The Morgan fingerprint density at radius 1 is 1.53 bits per heavy atom. The number of carbonyl (C=O) groups excluding carboxylic acids is 1. The third kappa shape index (κ3) is 3.23. The molecule has 2 N–H and O–H groups in total. The number of methoxy groups -OCH3 is 1. The van der Waals surface area contributed by atoms with E-state index < -0.39 is 0 Å². The molecule has 1 amide bonds. The second-order valence-corrected chi connectivity index (χ2v) is 4.56. The number of para-hydroxylation sites is 1. The molecule has 2 aromatic rings. The van der Waals surface area contributed by atoms with Crippen LogP contribution in [0.2, 0.25) is 0 Å². The molecule has 0 atom stereocenters. The summed E-state index contributed by atoms with van der Waals surface area (Å²) in [5.41, 5.74) is 2.91. The Hall–Kier alpha value is -2.08. The number of nitrogens with one attached hydrogen (secondary N) is 1. The quantitative estimate of drug-likeness (QED) is 0.875. The highest BCUT2D eigenvalue weighted by molar-refractivity contribution is 7.07. The minimum Gasteiger partial charge on any atom is -0.504 e. The van der Waals surface area contributed by atoms with Crippen molar-refractivity contribution in [1.29, 1.82) is 0 Å². The van der Waals surface area contributed by atoms with E-state index in [0.717, 1.165) is 5.69 Å². The van der Waals surface area contributed by atoms with Gasteiger partial charge in [0, 0.05) is 18.3 Å². The highest BCUT2D eigenvalue weighted by atomic mass is 32.1. The van der Waals surface area contributed by atoms with Crippen LogP contribution in [0.5, 0.6) is 11.5 Å². The molecule has 1 heterocycles. The first-order valence-corrected chi connectivity index (χ1v) is 6.68. The van der Waals surface area contributed by atoms with Crippen molar-refractivity contribution in [3.05, 3.63) is 40.3 Å². The Balaban J connectivity index is 1.96. The van der Waals surface area contributed by atoms with Gasteiger partial charge in [-0.1, -0.05) is 6.07 Å². The molecule has 6 heteroatoms. The van der Waals surface area contributed by atoms with Crippen molar-refractivity contribution >= 4 is 17.2 Å². The predicted octanol–water partition coefficient (Wildman–Crippen LogP) is 1.83. The number of ether oxygens (including phenoxy) is 1. The molecule has 2 rings (SSSR count). The molecule has 1 aromatic carbocycles. The summed E-state index contributed by atoms with van der Waals surface area (Å²) in [5.74, 6) is -0.185. The first-order valence-electron chi connectivity index (χ1n) is 5.73. The SMILES string of the molecule is COc1cccc(C(=O)NCCc2cscn2)c1O. The molecule has 0 aliphatic rings. The first-order chi connectivity index (χ1) is 9.22. The Bertz CT molecular complexity index is 555. The average Bonchev–Trinajstić information content (AvgIpc) is 2.92. The van der Waals surface area contributed by atoms with E-state index >= 15 is 0 Å². The Morgan fingerprint density at radius 3 is 3.05 bits per heavy atom. The summed E-state index contributed by atoms with van der Waals surface area (Å²) in [7, 11) is 1.44. The van der Waals surface area contributed by atoms with E-state index in [9.17, 15) is 9.90 Å². The lowest BCUT2D eigenvalue weighted by Gasteiger charge is -2.09. The number of phenols is 1. The summed E-state index contributed by atoms with van der Waals surface area (Å²) in [4.78, 5) is 16.0. The average molecular weight is 278 g/mol. The number of rotatable bonds is 5. The third-order valence-electron chi connectivity index (χ3n) is 2.61. The smallest absolute Gasteiger partial charge is 0.255 e. The monoisotopic (exact) mass is 278 g/mol. The van der Waals surface area contributed by atoms with Gasteiger partial charge in [-0.2, -0.15) is 0 Å². The van der Waals surface area contributed by atoms with Crippen molar-refractivity contribution in [2.75, 3.05) is 13.7 Å². The Labute approximate surface area is 114 Å². The van der Waals surface area contributed by atoms with Gasteiger partial charge < -0.3 is 15.2 Å². The molecular weight excluding hydrogens is 264 g/mol. The van der Waals surface area contributed by atoms with Gasteiger partial charge in [0.1, 0.15) is 0 Å². The minimum atomic E-state index is -0.327. The van der Waals surface area contributed by atoms with Gasteiger partial charge in [-0.3, -0.25) is 4.79 Å². The molecule has 0 saturated carbocycles. The van der Waals surface area contributed by atoms with Gasteiger partial charge in [-0.15, -0.1) is 11.3 Å². The van der Waals surface area contributed by atoms with Gasteiger partial charge in [-0.05, 0) is 12.1 Å². The number of aromatic nitrogens is 1. The molecule has 5 nitrogen and oxygen atoms in total. The van der Waals surface area contributed by atoms with Crippen LogP contribution in [0, 0.1) is 0 Å². The second kappa shape index (κ2) is 6.19. The number of hydrogen-bond donors (Lipinski definition) is 2. The maximum atomic E-state index is 11.9. The van der Waals surface area contributed by atoms with E-state index in [4.69, 9.17) is 4.74 Å².